The summed E-state index contributed by atoms with van der Waals surface area (Å²) in [6, 6.07) is 3.89. The summed E-state index contributed by atoms with van der Waals surface area (Å²) in [5.74, 6) is 1.13. The molecule has 0 amide bonds. The first-order valence-corrected chi connectivity index (χ1v) is 8.13. The Morgan fingerprint density at radius 1 is 1.36 bits per heavy atom. The van der Waals surface area contributed by atoms with Gasteiger partial charge in [0.05, 0.1) is 25.2 Å². The molecule has 0 spiro atoms. The summed E-state index contributed by atoms with van der Waals surface area (Å²) in [4.78, 5) is 11.9. The van der Waals surface area contributed by atoms with E-state index in [-0.39, 0.29) is 18.1 Å². The van der Waals surface area contributed by atoms with E-state index >= 15 is 0 Å². The van der Waals surface area contributed by atoms with Gasteiger partial charge in [-0.25, -0.2) is 4.79 Å². The van der Waals surface area contributed by atoms with Crippen LogP contribution in [-0.4, -0.2) is 37.0 Å². The number of ether oxygens (including phenoxy) is 4. The molecule has 1 aromatic carbocycles. The third-order valence-electron chi connectivity index (χ3n) is 4.56. The van der Waals surface area contributed by atoms with Gasteiger partial charge in [0.15, 0.2) is 17.1 Å². The fourth-order valence-corrected chi connectivity index (χ4v) is 3.95. The van der Waals surface area contributed by atoms with Gasteiger partial charge in [-0.3, -0.25) is 0 Å². The van der Waals surface area contributed by atoms with E-state index in [1.165, 1.54) is 7.11 Å². The molecule has 0 aromatic heterocycles. The first-order chi connectivity index (χ1) is 10.4. The Kier molecular flexibility index (Phi) is 3.01. The maximum Gasteiger partial charge on any atom is 0.349 e. The summed E-state index contributed by atoms with van der Waals surface area (Å²) in [6.45, 7) is 3.36. The first kappa shape index (κ1) is 14.3. The molecule has 1 aromatic rings. The maximum atomic E-state index is 11.9. The van der Waals surface area contributed by atoms with E-state index in [4.69, 9.17) is 18.9 Å². The van der Waals surface area contributed by atoms with Gasteiger partial charge in [-0.2, -0.15) is 0 Å². The standard InChI is InChI=1S/C16H17BrO5/c1-16(2,15(18)19-3)22-11-5-7(17)4-8-12-9(20-13(8)11)6-10-14(12)21-10/h4-5,9-10,12,14H,6H2,1-3H3. The van der Waals surface area contributed by atoms with Crippen LogP contribution in [-0.2, 0) is 14.3 Å². The Labute approximate surface area is 137 Å². The topological polar surface area (TPSA) is 57.3 Å². The molecule has 2 heterocycles. The van der Waals surface area contributed by atoms with Crippen molar-refractivity contribution >= 4 is 21.9 Å². The Balaban J connectivity index is 1.70. The first-order valence-electron chi connectivity index (χ1n) is 7.33. The quantitative estimate of drug-likeness (QED) is 0.606. The molecule has 22 heavy (non-hydrogen) atoms. The van der Waals surface area contributed by atoms with Crippen molar-refractivity contribution in [2.24, 2.45) is 0 Å². The number of hydrogen-bond acceptors (Lipinski definition) is 5. The van der Waals surface area contributed by atoms with Gasteiger partial charge >= 0.3 is 5.97 Å². The highest BCUT2D eigenvalue weighted by Gasteiger charge is 2.60. The highest BCUT2D eigenvalue weighted by atomic mass is 79.9. The molecular formula is C16H17BrO5. The SMILES string of the molecule is COC(=O)C(C)(C)Oc1cc(Br)cc2c1OC1CC3OC3C21. The molecule has 4 rings (SSSR count). The number of hydrogen-bond donors (Lipinski definition) is 0. The van der Waals surface area contributed by atoms with Gasteiger partial charge in [0.25, 0.3) is 0 Å². The molecule has 2 fully saturated rings. The lowest BCUT2D eigenvalue weighted by molar-refractivity contribution is -0.156. The van der Waals surface area contributed by atoms with Gasteiger partial charge in [-0.05, 0) is 26.0 Å². The minimum atomic E-state index is -1.08. The average Bonchev–Trinajstić information content (AvgIpc) is 2.96. The predicted molar refractivity (Wildman–Crippen MR) is 81.3 cm³/mol. The zero-order valence-electron chi connectivity index (χ0n) is 12.6. The molecule has 118 valence electrons. The number of epoxide rings is 1. The van der Waals surface area contributed by atoms with E-state index in [0.717, 1.165) is 22.2 Å². The van der Waals surface area contributed by atoms with Crippen LogP contribution in [0.5, 0.6) is 11.5 Å². The van der Waals surface area contributed by atoms with Crippen LogP contribution in [0.3, 0.4) is 0 Å². The molecule has 4 unspecified atom stereocenters. The number of fused-ring (bicyclic) bond motifs is 5. The lowest BCUT2D eigenvalue weighted by Gasteiger charge is -2.24. The largest absolute Gasteiger partial charge is 0.485 e. The molecule has 0 N–H and O–H groups in total. The second-order valence-electron chi connectivity index (χ2n) is 6.48. The zero-order valence-corrected chi connectivity index (χ0v) is 14.2. The summed E-state index contributed by atoms with van der Waals surface area (Å²) in [6.07, 6.45) is 1.68. The van der Waals surface area contributed by atoms with Crippen molar-refractivity contribution in [2.75, 3.05) is 7.11 Å². The van der Waals surface area contributed by atoms with Crippen molar-refractivity contribution in [1.82, 2.24) is 0 Å². The molecule has 2 aliphatic heterocycles. The predicted octanol–water partition coefficient (Wildman–Crippen LogP) is 2.80. The fourth-order valence-electron chi connectivity index (χ4n) is 3.50. The number of carbonyl (C=O) groups excluding carboxylic acids is 1. The normalized spacial score (nSPS) is 30.9. The zero-order chi connectivity index (χ0) is 15.6. The van der Waals surface area contributed by atoms with E-state index in [1.807, 2.05) is 6.07 Å². The number of benzene rings is 1. The molecule has 5 nitrogen and oxygen atoms in total. The summed E-state index contributed by atoms with van der Waals surface area (Å²) in [5.41, 5.74) is 0.0169. The van der Waals surface area contributed by atoms with Crippen LogP contribution in [0.2, 0.25) is 0 Å². The van der Waals surface area contributed by atoms with Crippen LogP contribution >= 0.6 is 15.9 Å². The Morgan fingerprint density at radius 3 is 2.86 bits per heavy atom. The number of methoxy groups -OCH3 is 1. The van der Waals surface area contributed by atoms with Crippen LogP contribution in [0.4, 0.5) is 0 Å². The third-order valence-corrected chi connectivity index (χ3v) is 5.02. The van der Waals surface area contributed by atoms with E-state index < -0.39 is 11.6 Å². The molecule has 1 aliphatic carbocycles. The minimum absolute atomic E-state index is 0.150. The van der Waals surface area contributed by atoms with Gasteiger partial charge in [-0.15, -0.1) is 0 Å². The molecule has 3 aliphatic rings. The van der Waals surface area contributed by atoms with E-state index in [2.05, 4.69) is 22.0 Å². The van der Waals surface area contributed by atoms with Crippen molar-refractivity contribution in [3.8, 4) is 11.5 Å². The number of esters is 1. The molecule has 4 atom stereocenters. The van der Waals surface area contributed by atoms with E-state index in [1.54, 1.807) is 13.8 Å². The van der Waals surface area contributed by atoms with Crippen LogP contribution in [0, 0.1) is 0 Å². The summed E-state index contributed by atoms with van der Waals surface area (Å²) in [5, 5.41) is 0. The van der Waals surface area contributed by atoms with Crippen LogP contribution < -0.4 is 9.47 Å². The number of carbonyl (C=O) groups is 1. The van der Waals surface area contributed by atoms with E-state index in [0.29, 0.717) is 11.9 Å². The summed E-state index contributed by atoms with van der Waals surface area (Å²) < 4.78 is 23.4. The van der Waals surface area contributed by atoms with Crippen molar-refractivity contribution in [2.45, 2.75) is 50.1 Å². The average molecular weight is 369 g/mol. The highest BCUT2D eigenvalue weighted by molar-refractivity contribution is 9.10. The minimum Gasteiger partial charge on any atom is -0.485 e. The number of rotatable bonds is 3. The second-order valence-corrected chi connectivity index (χ2v) is 7.40. The summed E-state index contributed by atoms with van der Waals surface area (Å²) >= 11 is 3.52. The van der Waals surface area contributed by atoms with Gasteiger partial charge in [-0.1, -0.05) is 15.9 Å². The monoisotopic (exact) mass is 368 g/mol. The Morgan fingerprint density at radius 2 is 2.14 bits per heavy atom. The molecule has 1 saturated heterocycles. The van der Waals surface area contributed by atoms with Gasteiger partial charge in [0.2, 0.25) is 0 Å². The number of halogens is 1. The van der Waals surface area contributed by atoms with Gasteiger partial charge < -0.3 is 18.9 Å². The smallest absolute Gasteiger partial charge is 0.349 e. The molecule has 0 radical (unpaired) electrons. The van der Waals surface area contributed by atoms with Gasteiger partial charge in [0.1, 0.15) is 6.10 Å². The lowest BCUT2D eigenvalue weighted by Crippen LogP contribution is -2.39. The van der Waals surface area contributed by atoms with Gasteiger partial charge in [0, 0.05) is 16.5 Å². The van der Waals surface area contributed by atoms with Crippen molar-refractivity contribution in [1.29, 1.82) is 0 Å². The van der Waals surface area contributed by atoms with Crippen molar-refractivity contribution in [3.05, 3.63) is 22.2 Å². The Bertz CT molecular complexity index is 656. The molecule has 1 saturated carbocycles. The van der Waals surface area contributed by atoms with Crippen LogP contribution in [0.25, 0.3) is 0 Å². The van der Waals surface area contributed by atoms with Crippen molar-refractivity contribution < 1.29 is 23.7 Å². The van der Waals surface area contributed by atoms with E-state index in [9.17, 15) is 4.79 Å². The highest BCUT2D eigenvalue weighted by Crippen LogP contribution is 2.58. The van der Waals surface area contributed by atoms with Crippen LogP contribution in [0.15, 0.2) is 16.6 Å². The fraction of sp³-hybridized carbons (Fsp3) is 0.562. The molecular weight excluding hydrogens is 352 g/mol. The third kappa shape index (κ3) is 2.04. The van der Waals surface area contributed by atoms with Crippen molar-refractivity contribution in [3.63, 3.8) is 0 Å². The Hall–Kier alpha value is -1.27. The maximum absolute atomic E-state index is 11.9. The second kappa shape index (κ2) is 4.61. The molecule has 0 bridgehead atoms. The lowest BCUT2D eigenvalue weighted by atomic mass is 9.96. The van der Waals surface area contributed by atoms with Crippen LogP contribution in [0.1, 0.15) is 31.7 Å². The summed E-state index contributed by atoms with van der Waals surface area (Å²) in [7, 11) is 1.35. The molecule has 6 heteroatoms.